The Bertz CT molecular complexity index is 651. The van der Waals surface area contributed by atoms with Gasteiger partial charge in [-0.15, -0.1) is 24.0 Å². The molecule has 0 amide bonds. The predicted octanol–water partition coefficient (Wildman–Crippen LogP) is 3.05. The molecule has 0 bridgehead atoms. The Hall–Kier alpha value is -1.84. The molecule has 0 radical (unpaired) electrons. The minimum absolute atomic E-state index is 0. The van der Waals surface area contributed by atoms with E-state index in [-0.39, 0.29) is 35.9 Å². The van der Waals surface area contributed by atoms with Crippen LogP contribution in [0, 0.1) is 5.82 Å². The molecule has 8 heteroatoms. The number of halogens is 2. The molecule has 0 spiro atoms. The minimum Gasteiger partial charge on any atom is -0.489 e. The Balaban J connectivity index is 0.00000338. The van der Waals surface area contributed by atoms with Crippen molar-refractivity contribution in [2.24, 2.45) is 4.99 Å². The average Bonchev–Trinajstić information content (AvgIpc) is 3.13. The quantitative estimate of drug-likeness (QED) is 0.253. The van der Waals surface area contributed by atoms with Gasteiger partial charge in [0.25, 0.3) is 0 Å². The van der Waals surface area contributed by atoms with Crippen molar-refractivity contribution < 1.29 is 9.13 Å². The van der Waals surface area contributed by atoms with Crippen LogP contribution >= 0.6 is 24.0 Å². The van der Waals surface area contributed by atoms with Gasteiger partial charge >= 0.3 is 0 Å². The zero-order chi connectivity index (χ0) is 17.9. The Morgan fingerprint density at radius 1 is 1.38 bits per heavy atom. The first-order valence-corrected chi connectivity index (χ1v) is 8.53. The zero-order valence-corrected chi connectivity index (χ0v) is 17.5. The Kier molecular flexibility index (Phi) is 10.7. The molecule has 2 aromatic rings. The third-order valence-electron chi connectivity index (χ3n) is 3.72. The summed E-state index contributed by atoms with van der Waals surface area (Å²) in [6, 6.07) is 6.20. The van der Waals surface area contributed by atoms with Crippen molar-refractivity contribution in [2.45, 2.75) is 32.4 Å². The van der Waals surface area contributed by atoms with Crippen molar-refractivity contribution in [2.75, 3.05) is 20.1 Å². The standard InChI is InChI=1S/C18H26FN5O.HI/c1-3-16(25-17-7-4-6-15(19)12-17)13-23-18(20-2)22-8-5-10-24-11-9-21-14-24;/h4,6-7,9,11-12,14,16H,3,5,8,10,13H2,1-2H3,(H2,20,22,23);1H. The van der Waals surface area contributed by atoms with Crippen molar-refractivity contribution in [1.29, 1.82) is 0 Å². The summed E-state index contributed by atoms with van der Waals surface area (Å²) in [5.74, 6) is 0.972. The van der Waals surface area contributed by atoms with Gasteiger partial charge in [0.2, 0.25) is 0 Å². The molecule has 1 heterocycles. The molecule has 26 heavy (non-hydrogen) atoms. The van der Waals surface area contributed by atoms with E-state index < -0.39 is 0 Å². The number of nitrogens with zero attached hydrogens (tertiary/aromatic N) is 3. The number of benzene rings is 1. The minimum atomic E-state index is -0.296. The van der Waals surface area contributed by atoms with Crippen molar-refractivity contribution in [3.63, 3.8) is 0 Å². The molecule has 1 atom stereocenters. The molecule has 6 nitrogen and oxygen atoms in total. The van der Waals surface area contributed by atoms with Crippen LogP contribution in [0.2, 0.25) is 0 Å². The molecule has 2 rings (SSSR count). The van der Waals surface area contributed by atoms with E-state index in [1.165, 1.54) is 12.1 Å². The molecule has 0 aliphatic heterocycles. The summed E-state index contributed by atoms with van der Waals surface area (Å²) >= 11 is 0. The summed E-state index contributed by atoms with van der Waals surface area (Å²) in [6.45, 7) is 4.34. The highest BCUT2D eigenvalue weighted by molar-refractivity contribution is 14.0. The maximum absolute atomic E-state index is 13.2. The number of nitrogens with one attached hydrogen (secondary N) is 2. The highest BCUT2D eigenvalue weighted by Gasteiger charge is 2.09. The van der Waals surface area contributed by atoms with Crippen molar-refractivity contribution >= 4 is 29.9 Å². The third-order valence-corrected chi connectivity index (χ3v) is 3.72. The van der Waals surface area contributed by atoms with E-state index in [9.17, 15) is 4.39 Å². The van der Waals surface area contributed by atoms with Crippen LogP contribution in [0.5, 0.6) is 5.75 Å². The Morgan fingerprint density at radius 3 is 2.88 bits per heavy atom. The maximum atomic E-state index is 13.2. The number of aromatic nitrogens is 2. The first kappa shape index (κ1) is 22.2. The fourth-order valence-corrected chi connectivity index (χ4v) is 2.32. The van der Waals surface area contributed by atoms with Crippen LogP contribution in [-0.4, -0.2) is 41.8 Å². The summed E-state index contributed by atoms with van der Waals surface area (Å²) in [4.78, 5) is 8.23. The summed E-state index contributed by atoms with van der Waals surface area (Å²) in [5, 5.41) is 6.52. The van der Waals surface area contributed by atoms with Crippen LogP contribution < -0.4 is 15.4 Å². The fourth-order valence-electron chi connectivity index (χ4n) is 2.32. The lowest BCUT2D eigenvalue weighted by Gasteiger charge is -2.20. The van der Waals surface area contributed by atoms with E-state index in [4.69, 9.17) is 4.74 Å². The van der Waals surface area contributed by atoms with Crippen LogP contribution in [0.15, 0.2) is 48.0 Å². The summed E-state index contributed by atoms with van der Waals surface area (Å²) in [7, 11) is 1.74. The first-order valence-electron chi connectivity index (χ1n) is 8.53. The molecular weight excluding hydrogens is 448 g/mol. The lowest BCUT2D eigenvalue weighted by molar-refractivity contribution is 0.199. The van der Waals surface area contributed by atoms with Gasteiger partial charge in [0.05, 0.1) is 12.9 Å². The van der Waals surface area contributed by atoms with Crippen LogP contribution in [0.25, 0.3) is 0 Å². The number of aliphatic imine (C=N–C) groups is 1. The molecule has 1 aromatic heterocycles. The number of hydrogen-bond acceptors (Lipinski definition) is 3. The Labute approximate surface area is 171 Å². The van der Waals surface area contributed by atoms with E-state index in [1.54, 1.807) is 25.4 Å². The van der Waals surface area contributed by atoms with Gasteiger partial charge in [-0.25, -0.2) is 9.37 Å². The summed E-state index contributed by atoms with van der Waals surface area (Å²) in [6.07, 6.45) is 7.24. The number of rotatable bonds is 9. The van der Waals surface area contributed by atoms with Crippen molar-refractivity contribution in [3.05, 3.63) is 48.8 Å². The lowest BCUT2D eigenvalue weighted by Crippen LogP contribution is -2.42. The van der Waals surface area contributed by atoms with E-state index in [2.05, 4.69) is 20.6 Å². The molecule has 1 unspecified atom stereocenters. The van der Waals surface area contributed by atoms with E-state index in [0.717, 1.165) is 31.9 Å². The average molecular weight is 475 g/mol. The second-order valence-corrected chi connectivity index (χ2v) is 5.64. The van der Waals surface area contributed by atoms with Gasteiger partial charge in [0.15, 0.2) is 5.96 Å². The smallest absolute Gasteiger partial charge is 0.191 e. The second-order valence-electron chi connectivity index (χ2n) is 5.64. The molecular formula is C18H27FIN5O. The van der Waals surface area contributed by atoms with E-state index in [0.29, 0.717) is 12.3 Å². The van der Waals surface area contributed by atoms with Gasteiger partial charge in [-0.2, -0.15) is 0 Å². The van der Waals surface area contributed by atoms with Gasteiger partial charge in [0.1, 0.15) is 17.7 Å². The highest BCUT2D eigenvalue weighted by atomic mass is 127. The summed E-state index contributed by atoms with van der Waals surface area (Å²) in [5.41, 5.74) is 0. The van der Waals surface area contributed by atoms with E-state index >= 15 is 0 Å². The van der Waals surface area contributed by atoms with Gasteiger partial charge < -0.3 is 19.9 Å². The normalized spacial score (nSPS) is 12.2. The predicted molar refractivity (Wildman–Crippen MR) is 113 cm³/mol. The fraction of sp³-hybridized carbons (Fsp3) is 0.444. The van der Waals surface area contributed by atoms with Crippen LogP contribution in [0.3, 0.4) is 0 Å². The number of aryl methyl sites for hydroxylation is 1. The molecule has 1 aromatic carbocycles. The van der Waals surface area contributed by atoms with Crippen molar-refractivity contribution in [3.8, 4) is 5.75 Å². The van der Waals surface area contributed by atoms with Crippen LogP contribution in [0.1, 0.15) is 19.8 Å². The maximum Gasteiger partial charge on any atom is 0.191 e. The monoisotopic (exact) mass is 475 g/mol. The number of imidazole rings is 1. The Morgan fingerprint density at radius 2 is 2.23 bits per heavy atom. The molecule has 0 saturated heterocycles. The second kappa shape index (κ2) is 12.5. The molecule has 2 N–H and O–H groups in total. The van der Waals surface area contributed by atoms with Gasteiger partial charge in [0, 0.05) is 38.6 Å². The molecule has 0 aliphatic carbocycles. The molecule has 0 aliphatic rings. The van der Waals surface area contributed by atoms with Crippen LogP contribution in [0.4, 0.5) is 4.39 Å². The number of guanidine groups is 1. The number of ether oxygens (including phenoxy) is 1. The van der Waals surface area contributed by atoms with Crippen molar-refractivity contribution in [1.82, 2.24) is 20.2 Å². The molecule has 144 valence electrons. The van der Waals surface area contributed by atoms with E-state index in [1.807, 2.05) is 24.0 Å². The SMILES string of the molecule is CCC(CNC(=NC)NCCCn1ccnc1)Oc1cccc(F)c1.I. The third kappa shape index (κ3) is 8.03. The van der Waals surface area contributed by atoms with Crippen LogP contribution in [-0.2, 0) is 6.54 Å². The van der Waals surface area contributed by atoms with Gasteiger partial charge in [-0.05, 0) is 25.0 Å². The zero-order valence-electron chi connectivity index (χ0n) is 15.2. The topological polar surface area (TPSA) is 63.5 Å². The molecule has 0 fully saturated rings. The molecule has 0 saturated carbocycles. The highest BCUT2D eigenvalue weighted by Crippen LogP contribution is 2.14. The summed E-state index contributed by atoms with van der Waals surface area (Å²) < 4.78 is 21.1. The van der Waals surface area contributed by atoms with Gasteiger partial charge in [-0.1, -0.05) is 13.0 Å². The van der Waals surface area contributed by atoms with Gasteiger partial charge in [-0.3, -0.25) is 4.99 Å². The largest absolute Gasteiger partial charge is 0.489 e. The number of hydrogen-bond donors (Lipinski definition) is 2. The first-order chi connectivity index (χ1) is 12.2. The lowest BCUT2D eigenvalue weighted by atomic mass is 10.2.